The lowest BCUT2D eigenvalue weighted by Crippen LogP contribution is -2.25. The summed E-state index contributed by atoms with van der Waals surface area (Å²) < 4.78 is 4.65. The third-order valence-corrected chi connectivity index (χ3v) is 3.98. The number of carbonyl (C=O) groups excluding carboxylic acids is 3. The topological polar surface area (TPSA) is 91.5 Å². The molecule has 0 atom stereocenters. The number of benzene rings is 1. The molecule has 0 bridgehead atoms. The van der Waals surface area contributed by atoms with E-state index in [1.54, 1.807) is 45.2 Å². The van der Waals surface area contributed by atoms with Crippen molar-refractivity contribution in [3.63, 3.8) is 0 Å². The van der Waals surface area contributed by atoms with Crippen molar-refractivity contribution in [2.75, 3.05) is 24.4 Å². The average molecular weight is 343 g/mol. The number of methoxy groups -OCH3 is 1. The molecule has 0 fully saturated rings. The van der Waals surface area contributed by atoms with Crippen LogP contribution in [0.2, 0.25) is 0 Å². The van der Waals surface area contributed by atoms with E-state index in [1.165, 1.54) is 18.9 Å². The lowest BCUT2D eigenvalue weighted by Gasteiger charge is -2.15. The van der Waals surface area contributed by atoms with Crippen LogP contribution in [0.4, 0.5) is 16.2 Å². The molecule has 0 saturated heterocycles. The summed E-state index contributed by atoms with van der Waals surface area (Å²) in [5.74, 6) is -0.414. The quantitative estimate of drug-likeness (QED) is 0.833. The van der Waals surface area contributed by atoms with E-state index in [2.05, 4.69) is 15.0 Å². The number of amides is 2. The Hall–Kier alpha value is -3.09. The summed E-state index contributed by atoms with van der Waals surface area (Å²) in [5.41, 5.74) is 3.41. The lowest BCUT2D eigenvalue weighted by atomic mass is 10.1. The third-order valence-electron chi connectivity index (χ3n) is 3.98. The molecule has 2 N–H and O–H groups in total. The van der Waals surface area contributed by atoms with Crippen LogP contribution in [-0.2, 0) is 4.74 Å². The predicted molar refractivity (Wildman–Crippen MR) is 95.5 cm³/mol. The third kappa shape index (κ3) is 3.71. The zero-order valence-corrected chi connectivity index (χ0v) is 14.9. The smallest absolute Gasteiger partial charge is 0.413 e. The van der Waals surface area contributed by atoms with Crippen molar-refractivity contribution in [2.45, 2.75) is 20.8 Å². The molecule has 132 valence electrons. The van der Waals surface area contributed by atoms with E-state index in [4.69, 9.17) is 0 Å². The molecule has 0 unspecified atom stereocenters. The number of aromatic nitrogens is 1. The molecule has 2 amide bonds. The highest BCUT2D eigenvalue weighted by Crippen LogP contribution is 2.21. The number of carbonyl (C=O) groups is 3. The number of ketones is 1. The summed E-state index contributed by atoms with van der Waals surface area (Å²) in [7, 11) is 2.90. The molecule has 0 saturated carbocycles. The molecule has 0 spiro atoms. The van der Waals surface area contributed by atoms with Crippen molar-refractivity contribution in [3.05, 3.63) is 46.8 Å². The number of hydrogen-bond donors (Lipinski definition) is 2. The van der Waals surface area contributed by atoms with Crippen LogP contribution in [0.1, 0.15) is 39.0 Å². The molecule has 1 heterocycles. The molecule has 7 heteroatoms. The van der Waals surface area contributed by atoms with Crippen LogP contribution in [0.5, 0.6) is 0 Å². The van der Waals surface area contributed by atoms with E-state index in [9.17, 15) is 14.4 Å². The first-order valence-electron chi connectivity index (χ1n) is 7.69. The monoisotopic (exact) mass is 343 g/mol. The van der Waals surface area contributed by atoms with E-state index < -0.39 is 6.09 Å². The second kappa shape index (κ2) is 7.21. The number of aryl methyl sites for hydroxylation is 1. The molecule has 0 aliphatic carbocycles. The van der Waals surface area contributed by atoms with E-state index in [1.807, 2.05) is 0 Å². The Balaban J connectivity index is 2.18. The highest BCUT2D eigenvalue weighted by molar-refractivity contribution is 6.07. The van der Waals surface area contributed by atoms with Gasteiger partial charge in [-0.3, -0.25) is 14.5 Å². The largest absolute Gasteiger partial charge is 0.452 e. The summed E-state index contributed by atoms with van der Waals surface area (Å²) in [6, 6.07) is 6.76. The number of nitrogens with zero attached hydrogens (tertiary/aromatic N) is 1. The Morgan fingerprint density at radius 3 is 2.20 bits per heavy atom. The molecule has 1 aromatic heterocycles. The molecule has 1 aromatic carbocycles. The van der Waals surface area contributed by atoms with Crippen LogP contribution in [-0.4, -0.2) is 36.9 Å². The van der Waals surface area contributed by atoms with Crippen LogP contribution in [0, 0.1) is 13.8 Å². The van der Waals surface area contributed by atoms with Gasteiger partial charge in [0.25, 0.3) is 5.91 Å². The number of hydrogen-bond acceptors (Lipinski definition) is 4. The Morgan fingerprint density at radius 2 is 1.72 bits per heavy atom. The van der Waals surface area contributed by atoms with Crippen molar-refractivity contribution in [1.82, 2.24) is 4.98 Å². The van der Waals surface area contributed by atoms with Gasteiger partial charge in [-0.1, -0.05) is 0 Å². The molecular weight excluding hydrogens is 322 g/mol. The first kappa shape index (κ1) is 18.3. The minimum Gasteiger partial charge on any atom is -0.452 e. The zero-order chi connectivity index (χ0) is 18.7. The van der Waals surface area contributed by atoms with Crippen LogP contribution in [0.25, 0.3) is 0 Å². The fraction of sp³-hybridized carbons (Fsp3) is 0.278. The van der Waals surface area contributed by atoms with Crippen molar-refractivity contribution < 1.29 is 19.1 Å². The Kier molecular flexibility index (Phi) is 5.26. The average Bonchev–Trinajstić information content (AvgIpc) is 2.88. The van der Waals surface area contributed by atoms with Crippen molar-refractivity contribution in [2.24, 2.45) is 0 Å². The van der Waals surface area contributed by atoms with Gasteiger partial charge in [0.05, 0.1) is 7.11 Å². The van der Waals surface area contributed by atoms with Crippen LogP contribution >= 0.6 is 0 Å². The fourth-order valence-electron chi connectivity index (χ4n) is 2.71. The van der Waals surface area contributed by atoms with E-state index in [-0.39, 0.29) is 11.7 Å². The molecule has 0 radical (unpaired) electrons. The minimum absolute atomic E-state index is 0.0829. The van der Waals surface area contributed by atoms with Gasteiger partial charge in [-0.15, -0.1) is 0 Å². The minimum atomic E-state index is -0.481. The van der Waals surface area contributed by atoms with Crippen LogP contribution < -0.4 is 10.2 Å². The summed E-state index contributed by atoms with van der Waals surface area (Å²) >= 11 is 0. The second-order valence-corrected chi connectivity index (χ2v) is 5.71. The Labute approximate surface area is 146 Å². The molecule has 0 aliphatic heterocycles. The zero-order valence-electron chi connectivity index (χ0n) is 14.9. The molecule has 7 nitrogen and oxygen atoms in total. The molecular formula is C18H21N3O4. The maximum absolute atomic E-state index is 12.5. The van der Waals surface area contributed by atoms with Crippen LogP contribution in [0.15, 0.2) is 24.3 Å². The van der Waals surface area contributed by atoms with Gasteiger partial charge >= 0.3 is 6.09 Å². The van der Waals surface area contributed by atoms with Crippen LogP contribution in [0.3, 0.4) is 0 Å². The van der Waals surface area contributed by atoms with Crippen molar-refractivity contribution in [3.8, 4) is 0 Å². The highest BCUT2D eigenvalue weighted by Gasteiger charge is 2.20. The van der Waals surface area contributed by atoms with Crippen molar-refractivity contribution >= 4 is 29.2 Å². The van der Waals surface area contributed by atoms with E-state index in [0.29, 0.717) is 33.9 Å². The van der Waals surface area contributed by atoms with E-state index >= 15 is 0 Å². The SMILES string of the molecule is COC(=O)N(C)c1ccc(NC(=O)c2[nH]c(C)c(C(C)=O)c2C)cc1. The van der Waals surface area contributed by atoms with Gasteiger partial charge in [-0.2, -0.15) is 0 Å². The van der Waals surface area contributed by atoms with Gasteiger partial charge in [0.15, 0.2) is 5.78 Å². The summed E-state index contributed by atoms with van der Waals surface area (Å²) in [6.45, 7) is 4.98. The Morgan fingerprint density at radius 1 is 1.12 bits per heavy atom. The molecule has 2 rings (SSSR count). The summed E-state index contributed by atoms with van der Waals surface area (Å²) in [6.07, 6.45) is -0.481. The first-order chi connectivity index (χ1) is 11.8. The second-order valence-electron chi connectivity index (χ2n) is 5.71. The predicted octanol–water partition coefficient (Wildman–Crippen LogP) is 3.29. The number of rotatable bonds is 4. The van der Waals surface area contributed by atoms with Gasteiger partial charge in [-0.25, -0.2) is 4.79 Å². The highest BCUT2D eigenvalue weighted by atomic mass is 16.5. The normalized spacial score (nSPS) is 10.3. The number of ether oxygens (including phenoxy) is 1. The molecule has 25 heavy (non-hydrogen) atoms. The van der Waals surface area contributed by atoms with Gasteiger partial charge in [0.2, 0.25) is 0 Å². The number of aromatic amines is 1. The number of H-pyrrole nitrogens is 1. The van der Waals surface area contributed by atoms with Gasteiger partial charge in [-0.05, 0) is 50.6 Å². The maximum Gasteiger partial charge on any atom is 0.413 e. The lowest BCUT2D eigenvalue weighted by molar-refractivity contribution is 0.101. The summed E-state index contributed by atoms with van der Waals surface area (Å²) in [4.78, 5) is 39.9. The van der Waals surface area contributed by atoms with Gasteiger partial charge in [0.1, 0.15) is 5.69 Å². The fourth-order valence-corrected chi connectivity index (χ4v) is 2.71. The standard InChI is InChI=1S/C18H21N3O4/c1-10-15(12(3)22)11(2)19-16(10)17(23)20-13-6-8-14(9-7-13)21(4)18(24)25-5/h6-9,19H,1-5H3,(H,20,23). The molecule has 0 aliphatic rings. The number of nitrogens with one attached hydrogen (secondary N) is 2. The van der Waals surface area contributed by atoms with E-state index in [0.717, 1.165) is 0 Å². The Bertz CT molecular complexity index is 822. The first-order valence-corrected chi connectivity index (χ1v) is 7.69. The maximum atomic E-state index is 12.5. The van der Waals surface area contributed by atoms with Gasteiger partial charge < -0.3 is 15.0 Å². The number of Topliss-reactive ketones (excluding diaryl/α,β-unsaturated/α-hetero) is 1. The summed E-state index contributed by atoms with van der Waals surface area (Å²) in [5, 5.41) is 2.77. The van der Waals surface area contributed by atoms with Crippen molar-refractivity contribution in [1.29, 1.82) is 0 Å². The number of anilines is 2. The molecule has 2 aromatic rings. The van der Waals surface area contributed by atoms with Gasteiger partial charge in [0, 0.05) is 29.7 Å².